The lowest BCUT2D eigenvalue weighted by Crippen LogP contribution is -2.14. The molecule has 0 radical (unpaired) electrons. The summed E-state index contributed by atoms with van der Waals surface area (Å²) in [6, 6.07) is 3.44. The van der Waals surface area contributed by atoms with E-state index in [2.05, 4.69) is 9.71 Å². The predicted molar refractivity (Wildman–Crippen MR) is 78.1 cm³/mol. The molecule has 0 unspecified atom stereocenters. The van der Waals surface area contributed by atoms with Crippen molar-refractivity contribution in [2.75, 3.05) is 11.8 Å². The number of anilines is 1. The quantitative estimate of drug-likeness (QED) is 0.876. The third-order valence-electron chi connectivity index (χ3n) is 2.69. The number of hydrogen-bond acceptors (Lipinski definition) is 5. The topological polar surface area (TPSA) is 88.3 Å². The van der Waals surface area contributed by atoms with Crippen LogP contribution in [0.1, 0.15) is 12.6 Å². The summed E-state index contributed by atoms with van der Waals surface area (Å²) in [6.45, 7) is 1.73. The summed E-state index contributed by atoms with van der Waals surface area (Å²) in [5.41, 5.74) is 0.431. The molecule has 2 aromatic rings. The molecule has 21 heavy (non-hydrogen) atoms. The number of sulfonamides is 1. The van der Waals surface area contributed by atoms with Crippen molar-refractivity contribution in [3.63, 3.8) is 0 Å². The molecule has 0 atom stereocenters. The van der Waals surface area contributed by atoms with Crippen LogP contribution in [0, 0.1) is 5.82 Å². The maximum Gasteiger partial charge on any atom is 0.306 e. The Bertz CT molecular complexity index is 811. The summed E-state index contributed by atoms with van der Waals surface area (Å²) in [5, 5.41) is 0. The van der Waals surface area contributed by atoms with E-state index in [1.807, 2.05) is 0 Å². The van der Waals surface area contributed by atoms with Crippen molar-refractivity contribution >= 4 is 27.0 Å². The molecule has 1 aromatic carbocycles. The van der Waals surface area contributed by atoms with Crippen LogP contribution in [0.15, 0.2) is 27.2 Å². The second kappa shape index (κ2) is 5.86. The van der Waals surface area contributed by atoms with E-state index in [9.17, 15) is 17.6 Å². The summed E-state index contributed by atoms with van der Waals surface area (Å²) >= 11 is 0.605. The summed E-state index contributed by atoms with van der Waals surface area (Å²) in [7, 11) is -2.64. The third-order valence-corrected chi connectivity index (χ3v) is 5.54. The van der Waals surface area contributed by atoms with E-state index >= 15 is 0 Å². The summed E-state index contributed by atoms with van der Waals surface area (Å²) in [4.78, 5) is 13.4. The van der Waals surface area contributed by atoms with Gasteiger partial charge in [-0.1, -0.05) is 18.3 Å². The fraction of sp³-hybridized carbons (Fsp3) is 0.250. The maximum absolute atomic E-state index is 13.1. The number of benzene rings is 1. The number of aromatic nitrogens is 1. The number of halogens is 1. The van der Waals surface area contributed by atoms with Crippen molar-refractivity contribution in [1.29, 1.82) is 0 Å². The first kappa shape index (κ1) is 15.5. The number of ether oxygens (including phenoxy) is 1. The Hall–Kier alpha value is -1.87. The van der Waals surface area contributed by atoms with E-state index in [1.165, 1.54) is 13.2 Å². The van der Waals surface area contributed by atoms with Gasteiger partial charge in [-0.05, 0) is 18.6 Å². The minimum atomic E-state index is -3.95. The van der Waals surface area contributed by atoms with Gasteiger partial charge in [0.25, 0.3) is 10.0 Å². The van der Waals surface area contributed by atoms with Crippen LogP contribution in [-0.2, 0) is 16.4 Å². The number of nitrogens with one attached hydrogen (secondary N) is 2. The fourth-order valence-electron chi connectivity index (χ4n) is 1.74. The van der Waals surface area contributed by atoms with Gasteiger partial charge in [-0.25, -0.2) is 12.8 Å². The molecule has 0 saturated carbocycles. The lowest BCUT2D eigenvalue weighted by molar-refractivity contribution is 0.413. The first-order valence-electron chi connectivity index (χ1n) is 5.95. The number of methoxy groups -OCH3 is 1. The Morgan fingerprint density at radius 1 is 1.43 bits per heavy atom. The van der Waals surface area contributed by atoms with Crippen LogP contribution in [0.2, 0.25) is 0 Å². The summed E-state index contributed by atoms with van der Waals surface area (Å²) in [6.07, 6.45) is 0.371. The van der Waals surface area contributed by atoms with Gasteiger partial charge in [0.1, 0.15) is 11.6 Å². The van der Waals surface area contributed by atoms with Gasteiger partial charge in [-0.2, -0.15) is 0 Å². The molecule has 114 valence electrons. The van der Waals surface area contributed by atoms with Gasteiger partial charge in [0, 0.05) is 11.8 Å². The van der Waals surface area contributed by atoms with Gasteiger partial charge in [0.05, 0.1) is 12.8 Å². The molecule has 9 heteroatoms. The van der Waals surface area contributed by atoms with Crippen LogP contribution in [-0.4, -0.2) is 20.5 Å². The van der Waals surface area contributed by atoms with Crippen molar-refractivity contribution in [1.82, 2.24) is 4.98 Å². The average molecular weight is 332 g/mol. The van der Waals surface area contributed by atoms with E-state index < -0.39 is 20.7 Å². The lowest BCUT2D eigenvalue weighted by Gasteiger charge is -2.11. The van der Waals surface area contributed by atoms with Crippen LogP contribution >= 0.6 is 11.3 Å². The fourth-order valence-corrected chi connectivity index (χ4v) is 4.26. The van der Waals surface area contributed by atoms with Gasteiger partial charge in [0.15, 0.2) is 4.21 Å². The number of thiazole rings is 1. The summed E-state index contributed by atoms with van der Waals surface area (Å²) < 4.78 is 44.9. The highest BCUT2D eigenvalue weighted by Gasteiger charge is 2.23. The van der Waals surface area contributed by atoms with Gasteiger partial charge in [0.2, 0.25) is 0 Å². The molecule has 0 fully saturated rings. The van der Waals surface area contributed by atoms with Crippen molar-refractivity contribution in [3.05, 3.63) is 39.4 Å². The number of hydrogen-bond donors (Lipinski definition) is 2. The molecule has 0 amide bonds. The average Bonchev–Trinajstić information content (AvgIpc) is 2.82. The molecule has 2 rings (SSSR count). The predicted octanol–water partition coefficient (Wildman–Crippen LogP) is 1.95. The monoisotopic (exact) mass is 332 g/mol. The molecular formula is C12H13FN2O4S2. The van der Waals surface area contributed by atoms with E-state index in [1.54, 1.807) is 6.92 Å². The van der Waals surface area contributed by atoms with Crippen molar-refractivity contribution in [2.45, 2.75) is 17.6 Å². The molecule has 0 spiro atoms. The molecule has 0 aliphatic rings. The largest absolute Gasteiger partial charge is 0.494 e. The van der Waals surface area contributed by atoms with Gasteiger partial charge < -0.3 is 9.72 Å². The molecule has 6 nitrogen and oxygen atoms in total. The second-order valence-electron chi connectivity index (χ2n) is 4.08. The number of rotatable bonds is 5. The maximum atomic E-state index is 13.1. The Kier molecular flexibility index (Phi) is 4.33. The molecule has 2 N–H and O–H groups in total. The minimum absolute atomic E-state index is 0.0551. The van der Waals surface area contributed by atoms with Crippen LogP contribution < -0.4 is 14.3 Å². The SMILES string of the molecule is CCc1[nH]c(=O)sc1S(=O)(=O)Nc1ccc(F)cc1OC. The van der Waals surface area contributed by atoms with Crippen molar-refractivity contribution < 1.29 is 17.5 Å². The molecule has 0 bridgehead atoms. The zero-order chi connectivity index (χ0) is 15.6. The lowest BCUT2D eigenvalue weighted by atomic mass is 10.3. The second-order valence-corrected chi connectivity index (χ2v) is 6.95. The normalized spacial score (nSPS) is 11.4. The van der Waals surface area contributed by atoms with Crippen molar-refractivity contribution in [2.24, 2.45) is 0 Å². The molecular weight excluding hydrogens is 319 g/mol. The zero-order valence-corrected chi connectivity index (χ0v) is 12.9. The highest BCUT2D eigenvalue weighted by atomic mass is 32.2. The van der Waals surface area contributed by atoms with E-state index in [0.29, 0.717) is 23.5 Å². The Morgan fingerprint density at radius 3 is 2.76 bits per heavy atom. The highest BCUT2D eigenvalue weighted by Crippen LogP contribution is 2.28. The number of aryl methyl sites for hydroxylation is 1. The van der Waals surface area contributed by atoms with E-state index in [0.717, 1.165) is 12.1 Å². The third kappa shape index (κ3) is 3.24. The highest BCUT2D eigenvalue weighted by molar-refractivity contribution is 7.94. The van der Waals surface area contributed by atoms with Crippen LogP contribution in [0.3, 0.4) is 0 Å². The molecule has 1 aromatic heterocycles. The molecule has 0 saturated heterocycles. The van der Waals surface area contributed by atoms with Gasteiger partial charge in [-0.3, -0.25) is 9.52 Å². The smallest absolute Gasteiger partial charge is 0.306 e. The van der Waals surface area contributed by atoms with E-state index in [-0.39, 0.29) is 15.6 Å². The zero-order valence-electron chi connectivity index (χ0n) is 11.3. The first-order chi connectivity index (χ1) is 9.87. The van der Waals surface area contributed by atoms with Gasteiger partial charge >= 0.3 is 4.87 Å². The number of aromatic amines is 1. The first-order valence-corrected chi connectivity index (χ1v) is 8.25. The standard InChI is InChI=1S/C12H13FN2O4S2/c1-3-8-11(20-12(16)14-8)21(17,18)15-9-5-4-7(13)6-10(9)19-2/h4-6,15H,3H2,1-2H3,(H,14,16). The molecule has 0 aliphatic heterocycles. The van der Waals surface area contributed by atoms with Crippen LogP contribution in [0.5, 0.6) is 5.75 Å². The summed E-state index contributed by atoms with van der Waals surface area (Å²) in [5.74, 6) is -0.491. The van der Waals surface area contributed by atoms with Crippen LogP contribution in [0.25, 0.3) is 0 Å². The van der Waals surface area contributed by atoms with Crippen molar-refractivity contribution in [3.8, 4) is 5.75 Å². The Morgan fingerprint density at radius 2 is 2.14 bits per heavy atom. The van der Waals surface area contributed by atoms with E-state index in [4.69, 9.17) is 4.74 Å². The molecule has 1 heterocycles. The minimum Gasteiger partial charge on any atom is -0.494 e. The van der Waals surface area contributed by atoms with Crippen LogP contribution in [0.4, 0.5) is 10.1 Å². The molecule has 0 aliphatic carbocycles. The Balaban J connectivity index is 2.44. The number of H-pyrrole nitrogens is 1. The van der Waals surface area contributed by atoms with Gasteiger partial charge in [-0.15, -0.1) is 0 Å². The Labute approximate surface area is 124 Å².